The minimum Gasteiger partial charge on any atom is -0.325 e. The molecule has 0 saturated carbocycles. The number of carbonyl (C=O) groups is 1. The van der Waals surface area contributed by atoms with Crippen LogP contribution in [0.1, 0.15) is 18.9 Å². The van der Waals surface area contributed by atoms with Crippen molar-refractivity contribution in [1.82, 2.24) is 9.55 Å². The van der Waals surface area contributed by atoms with E-state index in [9.17, 15) is 13.2 Å². The van der Waals surface area contributed by atoms with Gasteiger partial charge in [-0.1, -0.05) is 36.4 Å². The van der Waals surface area contributed by atoms with E-state index in [1.807, 2.05) is 12.1 Å². The molecule has 0 atom stereocenters. The van der Waals surface area contributed by atoms with E-state index in [0.29, 0.717) is 16.3 Å². The second kappa shape index (κ2) is 8.74. The number of nitrogens with two attached hydrogens (primary N) is 1. The number of halogens is 1. The van der Waals surface area contributed by atoms with E-state index in [2.05, 4.69) is 21.8 Å². The summed E-state index contributed by atoms with van der Waals surface area (Å²) in [5.74, 6) is -0.147. The first-order chi connectivity index (χ1) is 13.7. The van der Waals surface area contributed by atoms with Gasteiger partial charge < -0.3 is 9.88 Å². The molecule has 2 aromatic carbocycles. The summed E-state index contributed by atoms with van der Waals surface area (Å²) in [6, 6.07) is 10.1. The molecule has 29 heavy (non-hydrogen) atoms. The predicted molar refractivity (Wildman–Crippen MR) is 117 cm³/mol. The third-order valence-corrected chi connectivity index (χ3v) is 6.50. The molecule has 0 unspecified atom stereocenters. The largest absolute Gasteiger partial charge is 0.325 e. The van der Waals surface area contributed by atoms with Crippen LogP contribution in [0.2, 0.25) is 5.02 Å². The molecule has 1 amide bonds. The second-order valence-corrected chi connectivity index (χ2v) is 9.45. The van der Waals surface area contributed by atoms with Gasteiger partial charge in [-0.25, -0.2) is 18.5 Å². The molecular weight excluding hydrogens is 432 g/mol. The number of nitrogens with one attached hydrogen (secondary N) is 1. The van der Waals surface area contributed by atoms with Gasteiger partial charge in [0.2, 0.25) is 15.9 Å². The van der Waals surface area contributed by atoms with Gasteiger partial charge in [-0.05, 0) is 49.2 Å². The Hall–Kier alpha value is -2.07. The van der Waals surface area contributed by atoms with Crippen molar-refractivity contribution in [3.05, 3.63) is 47.0 Å². The summed E-state index contributed by atoms with van der Waals surface area (Å²) >= 11 is 7.37. The van der Waals surface area contributed by atoms with Gasteiger partial charge in [0.05, 0.1) is 21.7 Å². The fourth-order valence-corrected chi connectivity index (χ4v) is 4.76. The third-order valence-electron chi connectivity index (χ3n) is 4.23. The molecule has 0 radical (unpaired) electrons. The maximum absolute atomic E-state index is 12.4. The maximum atomic E-state index is 12.4. The van der Waals surface area contributed by atoms with Gasteiger partial charge in [-0.15, -0.1) is 0 Å². The third kappa shape index (κ3) is 5.11. The summed E-state index contributed by atoms with van der Waals surface area (Å²) in [6.45, 7) is 4.49. The van der Waals surface area contributed by atoms with Crippen LogP contribution in [0, 0.1) is 6.92 Å². The number of amides is 1. The quantitative estimate of drug-likeness (QED) is 0.530. The number of hydrogen-bond acceptors (Lipinski definition) is 5. The number of benzene rings is 2. The number of imidazole rings is 1. The van der Waals surface area contributed by atoms with Crippen LogP contribution in [0.4, 0.5) is 5.69 Å². The fourth-order valence-electron chi connectivity index (χ4n) is 2.94. The van der Waals surface area contributed by atoms with Gasteiger partial charge in [-0.3, -0.25) is 4.79 Å². The number of hydrogen-bond donors (Lipinski definition) is 2. The molecule has 0 fully saturated rings. The number of rotatable bonds is 7. The number of primary sulfonamides is 1. The summed E-state index contributed by atoms with van der Waals surface area (Å²) in [4.78, 5) is 17.0. The molecule has 1 heterocycles. The lowest BCUT2D eigenvalue weighted by atomic mass is 10.2. The molecule has 0 bridgehead atoms. The van der Waals surface area contributed by atoms with Gasteiger partial charge in [0, 0.05) is 17.3 Å². The summed E-state index contributed by atoms with van der Waals surface area (Å²) in [5.41, 5.74) is 2.64. The monoisotopic (exact) mass is 452 g/mol. The van der Waals surface area contributed by atoms with E-state index in [4.69, 9.17) is 16.7 Å². The van der Waals surface area contributed by atoms with E-state index in [1.54, 1.807) is 25.1 Å². The lowest BCUT2D eigenvalue weighted by molar-refractivity contribution is -0.113. The van der Waals surface area contributed by atoms with Crippen LogP contribution in [-0.4, -0.2) is 29.6 Å². The summed E-state index contributed by atoms with van der Waals surface area (Å²) in [5, 5.41) is 9.27. The van der Waals surface area contributed by atoms with Crippen LogP contribution >= 0.6 is 23.4 Å². The minimum atomic E-state index is -3.86. The number of aryl methyl sites for hydroxylation is 2. The summed E-state index contributed by atoms with van der Waals surface area (Å²) in [7, 11) is -3.86. The van der Waals surface area contributed by atoms with E-state index in [-0.39, 0.29) is 16.6 Å². The Labute approximate surface area is 178 Å². The van der Waals surface area contributed by atoms with Gasteiger partial charge in [0.25, 0.3) is 0 Å². The highest BCUT2D eigenvalue weighted by atomic mass is 35.5. The lowest BCUT2D eigenvalue weighted by Crippen LogP contribution is -2.17. The van der Waals surface area contributed by atoms with Crippen molar-refractivity contribution in [2.75, 3.05) is 11.1 Å². The molecule has 0 aliphatic heterocycles. The van der Waals surface area contributed by atoms with Crippen molar-refractivity contribution in [3.63, 3.8) is 0 Å². The van der Waals surface area contributed by atoms with Crippen molar-refractivity contribution in [3.8, 4) is 0 Å². The number of aromatic nitrogens is 2. The molecule has 10 heteroatoms. The first-order valence-corrected chi connectivity index (χ1v) is 11.8. The second-order valence-electron chi connectivity index (χ2n) is 6.54. The number of sulfonamides is 1. The molecule has 0 aliphatic rings. The Balaban J connectivity index is 1.75. The molecule has 154 valence electrons. The smallest absolute Gasteiger partial charge is 0.238 e. The number of fused-ring (bicyclic) bond motifs is 1. The van der Waals surface area contributed by atoms with Gasteiger partial charge in [0.1, 0.15) is 0 Å². The lowest BCUT2D eigenvalue weighted by Gasteiger charge is -2.10. The molecular formula is C19H21ClN4O3S2. The van der Waals surface area contributed by atoms with Crippen LogP contribution in [0.5, 0.6) is 0 Å². The van der Waals surface area contributed by atoms with Crippen LogP contribution in [0.3, 0.4) is 0 Å². The van der Waals surface area contributed by atoms with Gasteiger partial charge >= 0.3 is 0 Å². The Bertz CT molecular complexity index is 1180. The van der Waals surface area contributed by atoms with Gasteiger partial charge in [0.15, 0.2) is 5.16 Å². The van der Waals surface area contributed by atoms with E-state index in [1.165, 1.54) is 17.8 Å². The first kappa shape index (κ1) is 21.6. The minimum absolute atomic E-state index is 0.00966. The van der Waals surface area contributed by atoms with Crippen LogP contribution in [0.25, 0.3) is 11.0 Å². The average Bonchev–Trinajstić information content (AvgIpc) is 2.97. The normalized spacial score (nSPS) is 11.7. The van der Waals surface area contributed by atoms with E-state index in [0.717, 1.165) is 29.2 Å². The van der Waals surface area contributed by atoms with Crippen molar-refractivity contribution >= 4 is 56.0 Å². The van der Waals surface area contributed by atoms with Crippen molar-refractivity contribution in [2.45, 2.75) is 36.9 Å². The number of nitrogens with zero attached hydrogens (tertiary/aromatic N) is 2. The molecule has 1 aromatic heterocycles. The fraction of sp³-hybridized carbons (Fsp3) is 0.263. The average molecular weight is 453 g/mol. The Morgan fingerprint density at radius 2 is 2.03 bits per heavy atom. The van der Waals surface area contributed by atoms with Gasteiger partial charge in [-0.2, -0.15) is 0 Å². The first-order valence-electron chi connectivity index (χ1n) is 8.91. The Kier molecular flexibility index (Phi) is 6.52. The highest BCUT2D eigenvalue weighted by molar-refractivity contribution is 7.99. The highest BCUT2D eigenvalue weighted by Crippen LogP contribution is 2.27. The van der Waals surface area contributed by atoms with Crippen LogP contribution < -0.4 is 10.5 Å². The topological polar surface area (TPSA) is 107 Å². The Morgan fingerprint density at radius 1 is 1.28 bits per heavy atom. The molecule has 0 aliphatic carbocycles. The molecule has 0 spiro atoms. The summed E-state index contributed by atoms with van der Waals surface area (Å²) in [6.07, 6.45) is 0.924. The number of carbonyl (C=O) groups excluding carboxylic acids is 1. The van der Waals surface area contributed by atoms with Crippen molar-refractivity contribution in [2.24, 2.45) is 5.14 Å². The van der Waals surface area contributed by atoms with E-state index >= 15 is 0 Å². The maximum Gasteiger partial charge on any atom is 0.238 e. The molecule has 7 nitrogen and oxygen atoms in total. The molecule has 3 N–H and O–H groups in total. The van der Waals surface area contributed by atoms with Crippen LogP contribution in [-0.2, 0) is 21.4 Å². The van der Waals surface area contributed by atoms with Crippen LogP contribution in [0.15, 0.2) is 46.5 Å². The predicted octanol–water partition coefficient (Wildman–Crippen LogP) is 3.79. The zero-order valence-electron chi connectivity index (χ0n) is 16.0. The SMILES string of the molecule is CCCn1c(SCC(=O)Nc2ccc(C)c(S(N)(=O)=O)c2)nc2cc(Cl)ccc21. The molecule has 0 saturated heterocycles. The number of anilines is 1. The van der Waals surface area contributed by atoms with Crippen molar-refractivity contribution in [1.29, 1.82) is 0 Å². The molecule has 3 aromatic rings. The number of thioether (sulfide) groups is 1. The summed E-state index contributed by atoms with van der Waals surface area (Å²) < 4.78 is 25.4. The van der Waals surface area contributed by atoms with Crippen molar-refractivity contribution < 1.29 is 13.2 Å². The zero-order chi connectivity index (χ0) is 21.2. The standard InChI is InChI=1S/C19H21ClN4O3S2/c1-3-8-24-16-7-5-13(20)9-15(16)23-19(24)28-11-18(25)22-14-6-4-12(2)17(10-14)29(21,26)27/h4-7,9-10H,3,8,11H2,1-2H3,(H,22,25)(H2,21,26,27). The van der Waals surface area contributed by atoms with E-state index < -0.39 is 10.0 Å². The Morgan fingerprint density at radius 3 is 2.72 bits per heavy atom. The molecule has 3 rings (SSSR count). The highest BCUT2D eigenvalue weighted by Gasteiger charge is 2.15. The zero-order valence-corrected chi connectivity index (χ0v) is 18.4.